The van der Waals surface area contributed by atoms with E-state index in [9.17, 15) is 9.59 Å². The number of carbonyl (C=O) groups excluding carboxylic acids is 2. The predicted octanol–water partition coefficient (Wildman–Crippen LogP) is 6.10. The molecule has 2 aliphatic rings. The van der Waals surface area contributed by atoms with Crippen molar-refractivity contribution in [3.8, 4) is 23.0 Å². The summed E-state index contributed by atoms with van der Waals surface area (Å²) in [6.45, 7) is 3.66. The second-order valence-corrected chi connectivity index (χ2v) is 9.33. The van der Waals surface area contributed by atoms with Crippen LogP contribution in [-0.4, -0.2) is 17.6 Å². The summed E-state index contributed by atoms with van der Waals surface area (Å²) in [5, 5.41) is 2.20. The first-order chi connectivity index (χ1) is 16.4. The summed E-state index contributed by atoms with van der Waals surface area (Å²) in [4.78, 5) is 23.6. The van der Waals surface area contributed by atoms with Crippen LogP contribution in [0, 0.1) is 12.8 Å². The molecule has 0 radical (unpaired) electrons. The summed E-state index contributed by atoms with van der Waals surface area (Å²) >= 11 is 0. The zero-order valence-electron chi connectivity index (χ0n) is 19.3. The molecule has 5 rings (SSSR count). The van der Waals surface area contributed by atoms with Crippen LogP contribution in [0.15, 0.2) is 66.7 Å². The lowest BCUT2D eigenvalue weighted by Crippen LogP contribution is -2.38. The van der Waals surface area contributed by atoms with E-state index in [-0.39, 0.29) is 6.42 Å². The molecule has 1 atom stereocenters. The van der Waals surface area contributed by atoms with Gasteiger partial charge in [-0.3, -0.25) is 10.1 Å². The number of hydrogen-bond acceptors (Lipinski definition) is 5. The highest BCUT2D eigenvalue weighted by molar-refractivity contribution is 6.02. The maximum Gasteiger partial charge on any atom is 0.415 e. The van der Waals surface area contributed by atoms with Crippen LogP contribution in [0.1, 0.15) is 36.5 Å². The Kier molecular flexibility index (Phi) is 5.74. The van der Waals surface area contributed by atoms with Gasteiger partial charge in [-0.2, -0.15) is 0 Å². The van der Waals surface area contributed by atoms with Crippen molar-refractivity contribution in [2.24, 2.45) is 5.92 Å². The van der Waals surface area contributed by atoms with Crippen LogP contribution in [0.5, 0.6) is 23.0 Å². The van der Waals surface area contributed by atoms with Gasteiger partial charge in [0.15, 0.2) is 5.60 Å². The molecule has 1 saturated carbocycles. The maximum absolute atomic E-state index is 12.1. The van der Waals surface area contributed by atoms with E-state index in [2.05, 4.69) is 11.4 Å². The number of aryl methyl sites for hydroxylation is 1. The quantitative estimate of drug-likeness (QED) is 0.442. The van der Waals surface area contributed by atoms with Crippen molar-refractivity contribution in [3.05, 3.63) is 83.4 Å². The van der Waals surface area contributed by atoms with Crippen molar-refractivity contribution >= 4 is 12.0 Å². The smallest absolute Gasteiger partial charge is 0.415 e. The summed E-state index contributed by atoms with van der Waals surface area (Å²) in [5.74, 6) is 3.28. The van der Waals surface area contributed by atoms with E-state index < -0.39 is 17.6 Å². The molecule has 3 aromatic rings. The number of hydrogen-bond donors (Lipinski definition) is 1. The molecule has 1 N–H and O–H groups in total. The zero-order valence-corrected chi connectivity index (χ0v) is 19.3. The Bertz CT molecular complexity index is 1230. The molecule has 2 fully saturated rings. The lowest BCUT2D eigenvalue weighted by atomic mass is 9.96. The van der Waals surface area contributed by atoms with Gasteiger partial charge >= 0.3 is 6.09 Å². The molecule has 1 aliphatic carbocycles. The number of imide groups is 1. The minimum atomic E-state index is -1.22. The second-order valence-electron chi connectivity index (χ2n) is 9.33. The number of nitrogens with one attached hydrogen (secondary N) is 1. The minimum absolute atomic E-state index is 0.264. The van der Waals surface area contributed by atoms with Gasteiger partial charge in [0, 0.05) is 6.42 Å². The highest BCUT2D eigenvalue weighted by atomic mass is 16.6. The van der Waals surface area contributed by atoms with Crippen LogP contribution in [0.3, 0.4) is 0 Å². The minimum Gasteiger partial charge on any atom is -0.457 e. The molecule has 0 unspecified atom stereocenters. The van der Waals surface area contributed by atoms with Crippen LogP contribution in [-0.2, 0) is 22.4 Å². The molecule has 0 bridgehead atoms. The normalized spacial score (nSPS) is 19.5. The van der Waals surface area contributed by atoms with Crippen molar-refractivity contribution in [2.45, 2.75) is 45.1 Å². The van der Waals surface area contributed by atoms with Crippen LogP contribution in [0.25, 0.3) is 0 Å². The number of benzene rings is 3. The SMILES string of the molecule is Cc1ccc(Oc2ccc(Oc3cccc(C[C@@]4(C)OC(=O)NC4=O)c3)c(CC3CC3)c2)cc1. The van der Waals surface area contributed by atoms with Gasteiger partial charge in [0.25, 0.3) is 5.91 Å². The number of ether oxygens (including phenoxy) is 3. The highest BCUT2D eigenvalue weighted by Crippen LogP contribution is 2.39. The Hall–Kier alpha value is -3.80. The second kappa shape index (κ2) is 8.86. The van der Waals surface area contributed by atoms with Crippen LogP contribution in [0.4, 0.5) is 4.79 Å². The van der Waals surface area contributed by atoms with E-state index in [1.807, 2.05) is 67.6 Å². The van der Waals surface area contributed by atoms with Gasteiger partial charge in [0.2, 0.25) is 0 Å². The lowest BCUT2D eigenvalue weighted by molar-refractivity contribution is -0.129. The Balaban J connectivity index is 1.35. The summed E-state index contributed by atoms with van der Waals surface area (Å²) in [7, 11) is 0. The number of rotatable bonds is 8. The molecule has 3 aromatic carbocycles. The average molecular weight is 458 g/mol. The lowest BCUT2D eigenvalue weighted by Gasteiger charge is -2.19. The zero-order chi connectivity index (χ0) is 23.7. The third-order valence-corrected chi connectivity index (χ3v) is 6.18. The first-order valence-corrected chi connectivity index (χ1v) is 11.5. The van der Waals surface area contributed by atoms with Gasteiger partial charge in [-0.1, -0.05) is 29.8 Å². The molecule has 174 valence electrons. The third-order valence-electron chi connectivity index (χ3n) is 6.18. The van der Waals surface area contributed by atoms with Gasteiger partial charge in [-0.15, -0.1) is 0 Å². The van der Waals surface area contributed by atoms with Crippen LogP contribution >= 0.6 is 0 Å². The van der Waals surface area contributed by atoms with Crippen LogP contribution in [0.2, 0.25) is 0 Å². The van der Waals surface area contributed by atoms with E-state index >= 15 is 0 Å². The topological polar surface area (TPSA) is 73.9 Å². The van der Waals surface area contributed by atoms with Crippen LogP contribution < -0.4 is 14.8 Å². The first-order valence-electron chi connectivity index (χ1n) is 11.5. The Labute approximate surface area is 198 Å². The van der Waals surface area contributed by atoms with Crippen molar-refractivity contribution in [1.29, 1.82) is 0 Å². The molecule has 6 nitrogen and oxygen atoms in total. The molecule has 1 aliphatic heterocycles. The molecule has 0 spiro atoms. The van der Waals surface area contributed by atoms with Gasteiger partial charge in [0.1, 0.15) is 23.0 Å². The van der Waals surface area contributed by atoms with Crippen molar-refractivity contribution < 1.29 is 23.8 Å². The fraction of sp³-hybridized carbons (Fsp3) is 0.286. The average Bonchev–Trinajstić information content (AvgIpc) is 3.57. The predicted molar refractivity (Wildman–Crippen MR) is 127 cm³/mol. The van der Waals surface area contributed by atoms with Crippen molar-refractivity contribution in [1.82, 2.24) is 5.32 Å². The molecule has 34 heavy (non-hydrogen) atoms. The van der Waals surface area contributed by atoms with Gasteiger partial charge in [-0.05, 0) is 92.6 Å². The molecule has 2 amide bonds. The Morgan fingerprint density at radius 1 is 0.941 bits per heavy atom. The van der Waals surface area contributed by atoms with E-state index in [1.165, 1.54) is 18.4 Å². The van der Waals surface area contributed by atoms with E-state index in [1.54, 1.807) is 6.92 Å². The van der Waals surface area contributed by atoms with E-state index in [4.69, 9.17) is 14.2 Å². The Morgan fingerprint density at radius 2 is 1.68 bits per heavy atom. The van der Waals surface area contributed by atoms with Gasteiger partial charge < -0.3 is 14.2 Å². The van der Waals surface area contributed by atoms with Gasteiger partial charge in [-0.25, -0.2) is 4.79 Å². The van der Waals surface area contributed by atoms with E-state index in [0.717, 1.165) is 34.8 Å². The fourth-order valence-corrected chi connectivity index (χ4v) is 4.11. The summed E-state index contributed by atoms with van der Waals surface area (Å²) < 4.78 is 17.6. The fourth-order valence-electron chi connectivity index (χ4n) is 4.11. The molecule has 0 aromatic heterocycles. The summed E-state index contributed by atoms with van der Waals surface area (Å²) in [6.07, 6.45) is 2.96. The summed E-state index contributed by atoms with van der Waals surface area (Å²) in [6, 6.07) is 21.4. The molecule has 1 saturated heterocycles. The molecule has 1 heterocycles. The van der Waals surface area contributed by atoms with Crippen molar-refractivity contribution in [2.75, 3.05) is 0 Å². The molecular weight excluding hydrogens is 430 g/mol. The van der Waals surface area contributed by atoms with Crippen molar-refractivity contribution in [3.63, 3.8) is 0 Å². The number of carbonyl (C=O) groups is 2. The largest absolute Gasteiger partial charge is 0.457 e. The number of amides is 2. The maximum atomic E-state index is 12.1. The molecule has 6 heteroatoms. The number of alkyl carbamates (subject to hydrolysis) is 1. The monoisotopic (exact) mass is 457 g/mol. The highest BCUT2D eigenvalue weighted by Gasteiger charge is 2.44. The standard InChI is InChI=1S/C28H27NO5/c1-18-6-10-22(11-7-18)32-24-12-13-25(21(16-24)14-19-8-9-19)33-23-5-3-4-20(15-23)17-28(2)26(30)29-27(31)34-28/h3-7,10-13,15-16,19H,8-9,14,17H2,1-2H3,(H,29,30,31)/t28-/m1/s1. The van der Waals surface area contributed by atoms with Gasteiger partial charge in [0.05, 0.1) is 0 Å². The Morgan fingerprint density at radius 3 is 2.38 bits per heavy atom. The number of cyclic esters (lactones) is 1. The summed E-state index contributed by atoms with van der Waals surface area (Å²) in [5.41, 5.74) is 1.91. The molecular formula is C28H27NO5. The third kappa shape index (κ3) is 5.06. The van der Waals surface area contributed by atoms with E-state index in [0.29, 0.717) is 11.7 Å². The first kappa shape index (κ1) is 22.0.